The first-order chi connectivity index (χ1) is 8.46. The Labute approximate surface area is 113 Å². The maximum atomic E-state index is 5.82. The molecule has 1 fully saturated rings. The van der Waals surface area contributed by atoms with Crippen molar-refractivity contribution in [1.82, 2.24) is 5.32 Å². The fourth-order valence-electron chi connectivity index (χ4n) is 2.63. The molecule has 0 aromatic heterocycles. The van der Waals surface area contributed by atoms with Crippen LogP contribution in [0.5, 0.6) is 0 Å². The minimum Gasteiger partial charge on any atom is -0.379 e. The van der Waals surface area contributed by atoms with E-state index in [-0.39, 0.29) is 5.60 Å². The molecular weight excluding hydrogens is 226 g/mol. The molecule has 0 spiro atoms. The third kappa shape index (κ3) is 4.22. The van der Waals surface area contributed by atoms with Gasteiger partial charge < -0.3 is 14.8 Å². The molecule has 18 heavy (non-hydrogen) atoms. The summed E-state index contributed by atoms with van der Waals surface area (Å²) in [5.74, 6) is 0. The highest BCUT2D eigenvalue weighted by Crippen LogP contribution is 2.40. The van der Waals surface area contributed by atoms with Crippen LogP contribution >= 0.6 is 0 Å². The van der Waals surface area contributed by atoms with Crippen LogP contribution in [0.4, 0.5) is 0 Å². The zero-order valence-corrected chi connectivity index (χ0v) is 12.8. The van der Waals surface area contributed by atoms with Crippen molar-refractivity contribution in [3.8, 4) is 0 Å². The molecule has 0 aromatic carbocycles. The second-order valence-electron chi connectivity index (χ2n) is 6.27. The molecule has 1 saturated heterocycles. The Balaban J connectivity index is 2.55. The van der Waals surface area contributed by atoms with Gasteiger partial charge in [-0.1, -0.05) is 6.92 Å². The summed E-state index contributed by atoms with van der Waals surface area (Å²) in [6.07, 6.45) is 4.98. The Bertz CT molecular complexity index is 243. The first-order valence-corrected chi connectivity index (χ1v) is 7.33. The first-order valence-electron chi connectivity index (χ1n) is 7.33. The number of ether oxygens (including phenoxy) is 2. The fraction of sp³-hybridized carbons (Fsp3) is 1.00. The maximum absolute atomic E-state index is 5.82. The maximum Gasteiger partial charge on any atom is 0.0623 e. The number of methoxy groups -OCH3 is 1. The molecule has 0 radical (unpaired) electrons. The zero-order chi connectivity index (χ0) is 13.6. The van der Waals surface area contributed by atoms with Gasteiger partial charge in [-0.3, -0.25) is 0 Å². The lowest BCUT2D eigenvalue weighted by atomic mass is 9.75. The van der Waals surface area contributed by atoms with Gasteiger partial charge in [0.25, 0.3) is 0 Å². The van der Waals surface area contributed by atoms with E-state index < -0.39 is 0 Å². The van der Waals surface area contributed by atoms with E-state index in [4.69, 9.17) is 9.47 Å². The van der Waals surface area contributed by atoms with Crippen LogP contribution in [0.25, 0.3) is 0 Å². The summed E-state index contributed by atoms with van der Waals surface area (Å²) in [6.45, 7) is 11.8. The number of rotatable bonds is 8. The Hall–Kier alpha value is -0.120. The molecule has 3 nitrogen and oxygen atoms in total. The van der Waals surface area contributed by atoms with Gasteiger partial charge in [0.2, 0.25) is 0 Å². The molecule has 0 aliphatic carbocycles. The second kappa shape index (κ2) is 6.88. The number of hydrogen-bond donors (Lipinski definition) is 1. The van der Waals surface area contributed by atoms with Gasteiger partial charge >= 0.3 is 0 Å². The summed E-state index contributed by atoms with van der Waals surface area (Å²) in [5, 5.41) is 3.58. The smallest absolute Gasteiger partial charge is 0.0623 e. The van der Waals surface area contributed by atoms with Gasteiger partial charge in [0.15, 0.2) is 0 Å². The van der Waals surface area contributed by atoms with Crippen LogP contribution in [0, 0.1) is 5.41 Å². The van der Waals surface area contributed by atoms with Crippen molar-refractivity contribution in [3.63, 3.8) is 0 Å². The predicted octanol–water partition coefficient (Wildman–Crippen LogP) is 2.99. The van der Waals surface area contributed by atoms with Crippen LogP contribution in [-0.2, 0) is 9.47 Å². The van der Waals surface area contributed by atoms with E-state index in [9.17, 15) is 0 Å². The van der Waals surface area contributed by atoms with Gasteiger partial charge in [-0.15, -0.1) is 0 Å². The summed E-state index contributed by atoms with van der Waals surface area (Å²) in [5.41, 5.74) is 0.269. The number of hydrogen-bond acceptors (Lipinski definition) is 3. The minimum absolute atomic E-state index is 0.0277. The van der Waals surface area contributed by atoms with Crippen LogP contribution < -0.4 is 5.32 Å². The Morgan fingerprint density at radius 2 is 2.17 bits per heavy atom. The largest absolute Gasteiger partial charge is 0.379 e. The van der Waals surface area contributed by atoms with Gasteiger partial charge in [0, 0.05) is 25.7 Å². The van der Waals surface area contributed by atoms with E-state index in [1.54, 1.807) is 7.11 Å². The van der Waals surface area contributed by atoms with E-state index in [2.05, 4.69) is 33.0 Å². The van der Waals surface area contributed by atoms with Crippen molar-refractivity contribution in [2.75, 3.05) is 26.8 Å². The van der Waals surface area contributed by atoms with Gasteiger partial charge in [-0.2, -0.15) is 0 Å². The molecule has 0 saturated carbocycles. The lowest BCUT2D eigenvalue weighted by Crippen LogP contribution is -2.41. The van der Waals surface area contributed by atoms with Gasteiger partial charge in [-0.25, -0.2) is 0 Å². The summed E-state index contributed by atoms with van der Waals surface area (Å²) >= 11 is 0. The third-order valence-corrected chi connectivity index (χ3v) is 4.51. The van der Waals surface area contributed by atoms with E-state index >= 15 is 0 Å². The first kappa shape index (κ1) is 15.9. The highest BCUT2D eigenvalue weighted by molar-refractivity contribution is 4.92. The zero-order valence-electron chi connectivity index (χ0n) is 12.8. The van der Waals surface area contributed by atoms with Crippen LogP contribution in [-0.4, -0.2) is 38.5 Å². The topological polar surface area (TPSA) is 30.5 Å². The molecule has 3 heteroatoms. The molecular formula is C15H31NO2. The Kier molecular flexibility index (Phi) is 6.09. The summed E-state index contributed by atoms with van der Waals surface area (Å²) in [6, 6.07) is 0. The Morgan fingerprint density at radius 3 is 2.67 bits per heavy atom. The molecule has 0 amide bonds. The minimum atomic E-state index is -0.0277. The van der Waals surface area contributed by atoms with Crippen LogP contribution in [0.15, 0.2) is 0 Å². The standard InChI is InChI=1S/C15H31NO2/c1-6-10-16-12-15(9-11-18-13(15)2)8-7-14(3,4)17-5/h13,16H,6-12H2,1-5H3. The molecule has 1 heterocycles. The van der Waals surface area contributed by atoms with Crippen molar-refractivity contribution in [2.45, 2.75) is 65.1 Å². The van der Waals surface area contributed by atoms with E-state index in [0.717, 1.165) is 26.1 Å². The molecule has 2 atom stereocenters. The molecule has 0 bridgehead atoms. The normalized spacial score (nSPS) is 28.8. The fourth-order valence-corrected chi connectivity index (χ4v) is 2.63. The van der Waals surface area contributed by atoms with E-state index in [1.807, 2.05) is 0 Å². The van der Waals surface area contributed by atoms with Crippen molar-refractivity contribution < 1.29 is 9.47 Å². The lowest BCUT2D eigenvalue weighted by Gasteiger charge is -2.35. The number of nitrogens with one attached hydrogen (secondary N) is 1. The molecule has 1 N–H and O–H groups in total. The summed E-state index contributed by atoms with van der Waals surface area (Å²) in [4.78, 5) is 0. The van der Waals surface area contributed by atoms with Gasteiger partial charge in [0.05, 0.1) is 11.7 Å². The monoisotopic (exact) mass is 257 g/mol. The lowest BCUT2D eigenvalue weighted by molar-refractivity contribution is -0.00737. The van der Waals surface area contributed by atoms with Gasteiger partial charge in [-0.05, 0) is 53.0 Å². The second-order valence-corrected chi connectivity index (χ2v) is 6.27. The average Bonchev–Trinajstić information content (AvgIpc) is 2.70. The molecule has 1 rings (SSSR count). The van der Waals surface area contributed by atoms with Crippen LogP contribution in [0.1, 0.15) is 53.4 Å². The molecule has 108 valence electrons. The van der Waals surface area contributed by atoms with Crippen molar-refractivity contribution in [2.24, 2.45) is 5.41 Å². The third-order valence-electron chi connectivity index (χ3n) is 4.51. The quantitative estimate of drug-likeness (QED) is 0.678. The van der Waals surface area contributed by atoms with Gasteiger partial charge in [0.1, 0.15) is 0 Å². The Morgan fingerprint density at radius 1 is 1.44 bits per heavy atom. The van der Waals surface area contributed by atoms with Crippen molar-refractivity contribution in [1.29, 1.82) is 0 Å². The highest BCUT2D eigenvalue weighted by Gasteiger charge is 2.41. The molecule has 0 aromatic rings. The molecule has 2 unspecified atom stereocenters. The van der Waals surface area contributed by atoms with E-state index in [0.29, 0.717) is 11.5 Å². The highest BCUT2D eigenvalue weighted by atomic mass is 16.5. The molecule has 1 aliphatic heterocycles. The van der Waals surface area contributed by atoms with Crippen molar-refractivity contribution >= 4 is 0 Å². The van der Waals surface area contributed by atoms with E-state index in [1.165, 1.54) is 19.3 Å². The average molecular weight is 257 g/mol. The summed E-state index contributed by atoms with van der Waals surface area (Å²) < 4.78 is 11.4. The summed E-state index contributed by atoms with van der Waals surface area (Å²) in [7, 11) is 1.80. The SMILES string of the molecule is CCCNCC1(CCC(C)(C)OC)CCOC1C. The van der Waals surface area contributed by atoms with Crippen LogP contribution in [0.3, 0.4) is 0 Å². The van der Waals surface area contributed by atoms with Crippen LogP contribution in [0.2, 0.25) is 0 Å². The predicted molar refractivity (Wildman–Crippen MR) is 75.9 cm³/mol. The van der Waals surface area contributed by atoms with Crippen molar-refractivity contribution in [3.05, 3.63) is 0 Å². The molecule has 1 aliphatic rings.